The highest BCUT2D eigenvalue weighted by Crippen LogP contribution is 2.33. The van der Waals surface area contributed by atoms with Gasteiger partial charge >= 0.3 is 5.97 Å². The third-order valence-corrected chi connectivity index (χ3v) is 15.5. The minimum atomic E-state index is -2.99. The molecule has 79 heavy (non-hydrogen) atoms. The monoisotopic (exact) mass is 1120 g/mol. The van der Waals surface area contributed by atoms with Crippen molar-refractivity contribution < 1.29 is 88.1 Å². The number of carbonyl (C=O) groups is 5. The first kappa shape index (κ1) is 71.5. The second kappa shape index (κ2) is 39.0. The Morgan fingerprint density at radius 2 is 1.43 bits per heavy atom. The van der Waals surface area contributed by atoms with Crippen molar-refractivity contribution in [1.29, 1.82) is 0 Å². The van der Waals surface area contributed by atoms with Gasteiger partial charge in [-0.3, -0.25) is 19.2 Å². The first-order valence-electron chi connectivity index (χ1n) is 28.8. The molecule has 2 fully saturated rings. The summed E-state index contributed by atoms with van der Waals surface area (Å²) in [5, 5.41) is 71.0. The summed E-state index contributed by atoms with van der Waals surface area (Å²) in [6.45, 7) is 14.4. The molecule has 1 heterocycles. The Bertz CT molecular complexity index is 1910. The van der Waals surface area contributed by atoms with E-state index in [4.69, 9.17) is 38.6 Å². The number of aliphatic hydroxyl groups is 6. The molecule has 7 N–H and O–H groups in total. The van der Waals surface area contributed by atoms with Crippen LogP contribution in [0.25, 0.3) is 0 Å². The highest BCUT2D eigenvalue weighted by atomic mass is 16.5. The number of Topliss-reactive ketones (excluding diaryl/α,β-unsaturated/α-hetero) is 3. The van der Waals surface area contributed by atoms with E-state index in [-0.39, 0.29) is 94.6 Å². The van der Waals surface area contributed by atoms with Gasteiger partial charge in [0.1, 0.15) is 24.0 Å². The third-order valence-electron chi connectivity index (χ3n) is 15.5. The largest absolute Gasteiger partial charge is 0.480 e. The summed E-state index contributed by atoms with van der Waals surface area (Å²) >= 11 is 0. The molecule has 0 aromatic heterocycles. The molecular formula is C60H101NO18. The molecule has 1 aliphatic carbocycles. The van der Waals surface area contributed by atoms with Crippen molar-refractivity contribution in [3.63, 3.8) is 0 Å². The van der Waals surface area contributed by atoms with Crippen LogP contribution in [0.4, 0.5) is 0 Å². The molecule has 0 spiro atoms. The topological polar surface area (TPSA) is 286 Å². The molecule has 1 aliphatic heterocycles. The molecule has 0 aromatic rings. The van der Waals surface area contributed by atoms with E-state index in [0.29, 0.717) is 82.2 Å². The zero-order valence-corrected chi connectivity index (χ0v) is 49.0. The van der Waals surface area contributed by atoms with E-state index in [0.717, 1.165) is 42.6 Å². The number of carbonyl (C=O) groups excluding carboxylic acids is 4. The van der Waals surface area contributed by atoms with E-state index in [1.54, 1.807) is 20.1 Å². The molecule has 2 aliphatic rings. The minimum absolute atomic E-state index is 0.0110. The molecule has 19 heteroatoms. The Balaban J connectivity index is 2.03. The van der Waals surface area contributed by atoms with Crippen LogP contribution in [0.3, 0.4) is 0 Å². The van der Waals surface area contributed by atoms with Crippen LogP contribution < -0.4 is 0 Å². The molecule has 1 saturated heterocycles. The molecule has 0 aromatic carbocycles. The van der Waals surface area contributed by atoms with E-state index in [2.05, 4.69) is 6.92 Å². The maximum absolute atomic E-state index is 13.7. The number of carboxylic acids is 1. The average Bonchev–Trinajstić information content (AvgIpc) is 3.43. The Hall–Kier alpha value is -3.57. The number of piperidine rings is 1. The third kappa shape index (κ3) is 26.1. The van der Waals surface area contributed by atoms with Gasteiger partial charge in [-0.05, 0) is 113 Å². The first-order chi connectivity index (χ1) is 37.5. The standard InChI is InChI=1S/C60H101NO18/c1-40(33-44(5)54(66)56(75-9)55(67)45(6)35-43(4)50(64)24-22-41(2)34-47-23-25-51(65)53(36-47)74-8)17-11-10-12-18-42(3)52(79-32-31-78-39-48(37-76-29-27-62)38-77-30-28-63)21-14-13-19-46(7)60(72,73)57(68)58(69)61-26-16-15-20-49(61)59(70)71/h10-12,17-18,35,40-41,43-44,46-49,51-53,55-56,62-63,65,67,72-73H,13-16,19-34,36-39H2,1-9H3,(H,70,71)/b12-10+,17-11+,42-18+,45-35+/t40-,41+,43-,44-,46-,47+,49+,51-,52+,53-,55-,56+/m1/s1. The van der Waals surface area contributed by atoms with E-state index >= 15 is 0 Å². The number of methoxy groups -OCH3 is 2. The number of hydrogen-bond acceptors (Lipinski definition) is 17. The molecule has 0 unspecified atom stereocenters. The van der Waals surface area contributed by atoms with Crippen LogP contribution >= 0.6 is 0 Å². The molecule has 1 amide bonds. The Labute approximate surface area is 470 Å². The summed E-state index contributed by atoms with van der Waals surface area (Å²) in [7, 11) is 3.03. The number of amides is 1. The van der Waals surface area contributed by atoms with Crippen LogP contribution in [-0.4, -0.2) is 192 Å². The van der Waals surface area contributed by atoms with E-state index in [1.807, 2.05) is 58.1 Å². The number of allylic oxidation sites excluding steroid dienone is 6. The Kier molecular flexibility index (Phi) is 35.3. The van der Waals surface area contributed by atoms with Crippen molar-refractivity contribution in [3.05, 3.63) is 47.6 Å². The van der Waals surface area contributed by atoms with Crippen molar-refractivity contribution in [1.82, 2.24) is 4.90 Å². The molecule has 0 bridgehead atoms. The molecule has 12 atom stereocenters. The van der Waals surface area contributed by atoms with Crippen molar-refractivity contribution in [2.24, 2.45) is 41.4 Å². The van der Waals surface area contributed by atoms with Crippen LogP contribution in [0.15, 0.2) is 47.6 Å². The summed E-state index contributed by atoms with van der Waals surface area (Å²) in [6, 6.07) is -1.20. The number of rotatable bonds is 42. The molecule has 19 nitrogen and oxygen atoms in total. The summed E-state index contributed by atoms with van der Waals surface area (Å²) in [6.07, 6.45) is 16.1. The molecule has 2 rings (SSSR count). The van der Waals surface area contributed by atoms with Gasteiger partial charge in [-0.15, -0.1) is 0 Å². The second-order valence-corrected chi connectivity index (χ2v) is 22.4. The summed E-state index contributed by atoms with van der Waals surface area (Å²) < 4.78 is 34.2. The summed E-state index contributed by atoms with van der Waals surface area (Å²) in [5.41, 5.74) is 1.39. The Morgan fingerprint density at radius 3 is 2.05 bits per heavy atom. The predicted octanol–water partition coefficient (Wildman–Crippen LogP) is 5.73. The lowest BCUT2D eigenvalue weighted by molar-refractivity contribution is -0.205. The van der Waals surface area contributed by atoms with Crippen LogP contribution in [0.2, 0.25) is 0 Å². The molecule has 454 valence electrons. The normalized spacial score (nSPS) is 21.9. The summed E-state index contributed by atoms with van der Waals surface area (Å²) in [5.74, 6) is -8.35. The maximum atomic E-state index is 13.7. The van der Waals surface area contributed by atoms with Crippen LogP contribution in [-0.2, 0) is 52.4 Å². The van der Waals surface area contributed by atoms with Gasteiger partial charge in [-0.25, -0.2) is 4.79 Å². The van der Waals surface area contributed by atoms with Crippen molar-refractivity contribution in [3.8, 4) is 0 Å². The van der Waals surface area contributed by atoms with Crippen LogP contribution in [0, 0.1) is 41.4 Å². The van der Waals surface area contributed by atoms with Crippen LogP contribution in [0.5, 0.6) is 0 Å². The van der Waals surface area contributed by atoms with Gasteiger partial charge in [0.15, 0.2) is 5.78 Å². The lowest BCUT2D eigenvalue weighted by Crippen LogP contribution is -2.57. The van der Waals surface area contributed by atoms with Crippen molar-refractivity contribution in [2.45, 2.75) is 181 Å². The lowest BCUT2D eigenvalue weighted by atomic mass is 9.79. The van der Waals surface area contributed by atoms with E-state index in [1.165, 1.54) is 14.0 Å². The number of nitrogens with zero attached hydrogens (tertiary/aromatic N) is 1. The number of unbranched alkanes of at least 4 members (excludes halogenated alkanes) is 1. The molecule has 1 saturated carbocycles. The van der Waals surface area contributed by atoms with Crippen molar-refractivity contribution >= 4 is 29.2 Å². The van der Waals surface area contributed by atoms with Gasteiger partial charge in [-0.2, -0.15) is 0 Å². The number of carboxylic acid groups (broad SMARTS) is 1. The zero-order valence-electron chi connectivity index (χ0n) is 49.0. The number of ether oxygens (including phenoxy) is 6. The van der Waals surface area contributed by atoms with Crippen LogP contribution in [0.1, 0.15) is 138 Å². The fraction of sp³-hybridized carbons (Fsp3) is 0.783. The first-order valence-corrected chi connectivity index (χ1v) is 28.8. The average molecular weight is 1120 g/mol. The van der Waals surface area contributed by atoms with E-state index < -0.39 is 65.6 Å². The second-order valence-electron chi connectivity index (χ2n) is 22.4. The fourth-order valence-corrected chi connectivity index (χ4v) is 10.5. The molecule has 0 radical (unpaired) electrons. The van der Waals surface area contributed by atoms with E-state index in [9.17, 15) is 49.5 Å². The maximum Gasteiger partial charge on any atom is 0.326 e. The Morgan fingerprint density at radius 1 is 0.785 bits per heavy atom. The van der Waals surface area contributed by atoms with Crippen molar-refractivity contribution in [2.75, 3.05) is 80.2 Å². The van der Waals surface area contributed by atoms with Gasteiger partial charge in [0.25, 0.3) is 11.7 Å². The van der Waals surface area contributed by atoms with Gasteiger partial charge in [0.2, 0.25) is 5.79 Å². The van der Waals surface area contributed by atoms with Gasteiger partial charge in [0.05, 0.1) is 77.8 Å². The van der Waals surface area contributed by atoms with Gasteiger partial charge in [-0.1, -0.05) is 83.9 Å². The summed E-state index contributed by atoms with van der Waals surface area (Å²) in [4.78, 5) is 65.7. The lowest BCUT2D eigenvalue weighted by Gasteiger charge is -2.35. The number of ketones is 3. The quantitative estimate of drug-likeness (QED) is 0.0126. The van der Waals surface area contributed by atoms with Gasteiger partial charge in [0, 0.05) is 50.9 Å². The predicted molar refractivity (Wildman–Crippen MR) is 299 cm³/mol. The zero-order chi connectivity index (χ0) is 59.1. The number of hydrogen-bond donors (Lipinski definition) is 7. The highest BCUT2D eigenvalue weighted by Gasteiger charge is 2.47. The highest BCUT2D eigenvalue weighted by molar-refractivity contribution is 6.39. The van der Waals surface area contributed by atoms with Gasteiger partial charge < -0.3 is 69.1 Å². The molecular weight excluding hydrogens is 1020 g/mol. The minimum Gasteiger partial charge on any atom is -0.480 e. The number of aliphatic carboxylic acids is 1. The number of likely N-dealkylation sites (tertiary alicyclic amines) is 1. The smallest absolute Gasteiger partial charge is 0.326 e. The SMILES string of the molecule is CO[C@@H]1C[C@H](C[C@@H](C)CCC(=O)[C@H](C)/C=C(\C)[C@@H](O)[C@@H](OC)C(=O)[C@H](C)C[C@H](C)/C=C/C=C/C=C(\C)[C@H](CCCC[C@@H](C)C(O)(O)C(=O)C(=O)N2CCCC[C@H]2C(=O)O)OCCOCC(COCCO)COCCO)CC[C@H]1O. The number of aliphatic hydroxyl groups excluding tert-OH is 4. The fourth-order valence-electron chi connectivity index (χ4n) is 10.5.